The summed E-state index contributed by atoms with van der Waals surface area (Å²) in [6.07, 6.45) is 10.0. The molecule has 1 aromatic heterocycles. The second-order valence-corrected chi connectivity index (χ2v) is 6.11. The summed E-state index contributed by atoms with van der Waals surface area (Å²) in [5.74, 6) is 1.04. The summed E-state index contributed by atoms with van der Waals surface area (Å²) in [7, 11) is 0. The molecule has 5 heteroatoms. The van der Waals surface area contributed by atoms with Gasteiger partial charge in [0.2, 0.25) is 0 Å². The minimum absolute atomic E-state index is 0.294. The molecule has 2 heterocycles. The molecular formula is C15H26N4O. The van der Waals surface area contributed by atoms with Gasteiger partial charge < -0.3 is 10.1 Å². The second kappa shape index (κ2) is 6.70. The molecule has 1 aliphatic heterocycles. The lowest BCUT2D eigenvalue weighted by Gasteiger charge is -2.44. The molecule has 1 saturated carbocycles. The van der Waals surface area contributed by atoms with E-state index in [-0.39, 0.29) is 0 Å². The molecule has 112 valence electrons. The Labute approximate surface area is 121 Å². The largest absolute Gasteiger partial charge is 0.396 e. The summed E-state index contributed by atoms with van der Waals surface area (Å²) < 4.78 is 0. The van der Waals surface area contributed by atoms with Gasteiger partial charge in [-0.1, -0.05) is 12.8 Å². The molecule has 20 heavy (non-hydrogen) atoms. The number of aromatic nitrogens is 2. The molecule has 3 rings (SSSR count). The van der Waals surface area contributed by atoms with Crippen LogP contribution in [0.25, 0.3) is 0 Å². The molecule has 0 aromatic carbocycles. The zero-order chi connectivity index (χ0) is 13.8. The molecule has 0 spiro atoms. The van der Waals surface area contributed by atoms with Gasteiger partial charge in [0.25, 0.3) is 0 Å². The number of imidazole rings is 1. The third-order valence-electron chi connectivity index (χ3n) is 4.80. The monoisotopic (exact) mass is 278 g/mol. The third-order valence-corrected chi connectivity index (χ3v) is 4.80. The summed E-state index contributed by atoms with van der Waals surface area (Å²) >= 11 is 0. The van der Waals surface area contributed by atoms with Crippen molar-refractivity contribution in [1.29, 1.82) is 0 Å². The van der Waals surface area contributed by atoms with Crippen LogP contribution in [0.15, 0.2) is 12.4 Å². The summed E-state index contributed by atoms with van der Waals surface area (Å²) in [4.78, 5) is 12.6. The molecule has 1 atom stereocenters. The van der Waals surface area contributed by atoms with Crippen molar-refractivity contribution in [2.24, 2.45) is 0 Å². The highest BCUT2D eigenvalue weighted by atomic mass is 16.3. The number of rotatable bonds is 5. The minimum Gasteiger partial charge on any atom is -0.396 e. The zero-order valence-corrected chi connectivity index (χ0v) is 12.2. The normalized spacial score (nSPS) is 26.4. The molecule has 0 amide bonds. The SMILES string of the molecule is OCCC1CN(Cc2ncc[nH]2)CCN1C1CCCC1. The van der Waals surface area contributed by atoms with Crippen molar-refractivity contribution in [2.75, 3.05) is 26.2 Å². The molecule has 2 fully saturated rings. The number of aliphatic hydroxyl groups is 1. The standard InChI is InChI=1S/C15H26N4O/c20-10-5-14-11-18(12-15-16-6-7-17-15)8-9-19(14)13-3-1-2-4-13/h6-7,13-14,20H,1-5,8-12H2,(H,16,17). The first kappa shape index (κ1) is 14.0. The van der Waals surface area contributed by atoms with Crippen molar-refractivity contribution < 1.29 is 5.11 Å². The van der Waals surface area contributed by atoms with Crippen LogP contribution in [0.3, 0.4) is 0 Å². The van der Waals surface area contributed by atoms with Crippen LogP contribution in [0.4, 0.5) is 0 Å². The van der Waals surface area contributed by atoms with Crippen LogP contribution in [0.5, 0.6) is 0 Å². The molecule has 0 bridgehead atoms. The predicted octanol–water partition coefficient (Wildman–Crippen LogP) is 1.22. The van der Waals surface area contributed by atoms with Crippen molar-refractivity contribution in [3.63, 3.8) is 0 Å². The van der Waals surface area contributed by atoms with Crippen molar-refractivity contribution in [3.05, 3.63) is 18.2 Å². The van der Waals surface area contributed by atoms with E-state index < -0.39 is 0 Å². The summed E-state index contributed by atoms with van der Waals surface area (Å²) in [6, 6.07) is 1.27. The first-order chi connectivity index (χ1) is 9.86. The first-order valence-electron chi connectivity index (χ1n) is 7.94. The van der Waals surface area contributed by atoms with Gasteiger partial charge in [0.15, 0.2) is 0 Å². The van der Waals surface area contributed by atoms with Gasteiger partial charge in [-0.15, -0.1) is 0 Å². The van der Waals surface area contributed by atoms with Gasteiger partial charge in [0.1, 0.15) is 5.82 Å². The Hall–Kier alpha value is -0.910. The number of hydrogen-bond donors (Lipinski definition) is 2. The maximum Gasteiger partial charge on any atom is 0.120 e. The second-order valence-electron chi connectivity index (χ2n) is 6.11. The van der Waals surface area contributed by atoms with Crippen molar-refractivity contribution in [1.82, 2.24) is 19.8 Å². The molecule has 2 aliphatic rings. The van der Waals surface area contributed by atoms with Crippen LogP contribution >= 0.6 is 0 Å². The number of aromatic amines is 1. The fraction of sp³-hybridized carbons (Fsp3) is 0.800. The summed E-state index contributed by atoms with van der Waals surface area (Å²) in [5.41, 5.74) is 0. The van der Waals surface area contributed by atoms with Crippen LogP contribution in [0, 0.1) is 0 Å². The maximum absolute atomic E-state index is 9.36. The van der Waals surface area contributed by atoms with Gasteiger partial charge in [0.05, 0.1) is 6.54 Å². The molecular weight excluding hydrogens is 252 g/mol. The Bertz CT molecular complexity index is 389. The molecule has 1 aromatic rings. The fourth-order valence-electron chi connectivity index (χ4n) is 3.80. The van der Waals surface area contributed by atoms with E-state index in [0.717, 1.165) is 44.5 Å². The van der Waals surface area contributed by atoms with E-state index in [2.05, 4.69) is 19.8 Å². The number of aliphatic hydroxyl groups excluding tert-OH is 1. The molecule has 0 radical (unpaired) electrons. The number of nitrogens with zero attached hydrogens (tertiary/aromatic N) is 3. The van der Waals surface area contributed by atoms with Crippen molar-refractivity contribution in [2.45, 2.75) is 50.7 Å². The van der Waals surface area contributed by atoms with E-state index in [1.54, 1.807) is 0 Å². The Morgan fingerprint density at radius 1 is 1.30 bits per heavy atom. The lowest BCUT2D eigenvalue weighted by Crippen LogP contribution is -2.56. The molecule has 1 aliphatic carbocycles. The van der Waals surface area contributed by atoms with Crippen LogP contribution in [-0.2, 0) is 6.54 Å². The van der Waals surface area contributed by atoms with Crippen LogP contribution in [-0.4, -0.2) is 63.2 Å². The Morgan fingerprint density at radius 2 is 2.15 bits per heavy atom. The van der Waals surface area contributed by atoms with E-state index in [0.29, 0.717) is 12.6 Å². The van der Waals surface area contributed by atoms with Crippen molar-refractivity contribution >= 4 is 0 Å². The lowest BCUT2D eigenvalue weighted by atomic mass is 10.0. The maximum atomic E-state index is 9.36. The number of hydrogen-bond acceptors (Lipinski definition) is 4. The molecule has 1 unspecified atom stereocenters. The molecule has 2 N–H and O–H groups in total. The van der Waals surface area contributed by atoms with Crippen molar-refractivity contribution in [3.8, 4) is 0 Å². The zero-order valence-electron chi connectivity index (χ0n) is 12.2. The predicted molar refractivity (Wildman–Crippen MR) is 78.3 cm³/mol. The van der Waals surface area contributed by atoms with E-state index in [4.69, 9.17) is 0 Å². The highest BCUT2D eigenvalue weighted by molar-refractivity contribution is 4.92. The van der Waals surface area contributed by atoms with E-state index in [1.807, 2.05) is 12.4 Å². The Balaban J connectivity index is 1.59. The van der Waals surface area contributed by atoms with Crippen LogP contribution in [0.1, 0.15) is 37.9 Å². The minimum atomic E-state index is 0.294. The highest BCUT2D eigenvalue weighted by Crippen LogP contribution is 2.28. The average Bonchev–Trinajstić information content (AvgIpc) is 3.12. The highest BCUT2D eigenvalue weighted by Gasteiger charge is 2.32. The summed E-state index contributed by atoms with van der Waals surface area (Å²) in [6.45, 7) is 4.49. The van der Waals surface area contributed by atoms with Gasteiger partial charge in [-0.3, -0.25) is 9.80 Å². The van der Waals surface area contributed by atoms with E-state index in [1.165, 1.54) is 25.7 Å². The van der Waals surface area contributed by atoms with Crippen LogP contribution in [0.2, 0.25) is 0 Å². The first-order valence-corrected chi connectivity index (χ1v) is 7.94. The number of piperazine rings is 1. The molecule has 5 nitrogen and oxygen atoms in total. The van der Waals surface area contributed by atoms with Gasteiger partial charge in [-0.25, -0.2) is 4.98 Å². The van der Waals surface area contributed by atoms with E-state index >= 15 is 0 Å². The number of nitrogens with one attached hydrogen (secondary N) is 1. The smallest absolute Gasteiger partial charge is 0.120 e. The Kier molecular flexibility index (Phi) is 4.70. The van der Waals surface area contributed by atoms with Gasteiger partial charge in [-0.05, 0) is 19.3 Å². The van der Waals surface area contributed by atoms with E-state index in [9.17, 15) is 5.11 Å². The fourth-order valence-corrected chi connectivity index (χ4v) is 3.80. The lowest BCUT2D eigenvalue weighted by molar-refractivity contribution is 0.0258. The quantitative estimate of drug-likeness (QED) is 0.850. The van der Waals surface area contributed by atoms with Crippen LogP contribution < -0.4 is 0 Å². The Morgan fingerprint density at radius 3 is 2.85 bits per heavy atom. The summed E-state index contributed by atoms with van der Waals surface area (Å²) in [5, 5.41) is 9.36. The number of H-pyrrole nitrogens is 1. The van der Waals surface area contributed by atoms with Gasteiger partial charge in [0, 0.05) is 50.7 Å². The molecule has 1 saturated heterocycles. The third kappa shape index (κ3) is 3.22. The van der Waals surface area contributed by atoms with Gasteiger partial charge >= 0.3 is 0 Å². The topological polar surface area (TPSA) is 55.4 Å². The van der Waals surface area contributed by atoms with Gasteiger partial charge in [-0.2, -0.15) is 0 Å². The average molecular weight is 278 g/mol.